The van der Waals surface area contributed by atoms with Crippen molar-refractivity contribution in [3.63, 3.8) is 0 Å². The number of anilines is 1. The largest absolute Gasteiger partial charge is 0.497 e. The maximum atomic E-state index is 12.6. The summed E-state index contributed by atoms with van der Waals surface area (Å²) in [5, 5.41) is 2.90. The molecule has 2 amide bonds. The number of urea groups is 1. The minimum absolute atomic E-state index is 0.0115. The summed E-state index contributed by atoms with van der Waals surface area (Å²) >= 11 is 0. The average molecular weight is 327 g/mol. The molecule has 6 nitrogen and oxygen atoms in total. The van der Waals surface area contributed by atoms with Gasteiger partial charge in [0.2, 0.25) is 0 Å². The second kappa shape index (κ2) is 7.21. The van der Waals surface area contributed by atoms with Crippen molar-refractivity contribution in [3.8, 4) is 11.5 Å². The molecule has 1 aromatic heterocycles. The first-order chi connectivity index (χ1) is 11.7. The van der Waals surface area contributed by atoms with E-state index in [1.807, 2.05) is 29.2 Å². The molecule has 1 atom stereocenters. The zero-order valence-corrected chi connectivity index (χ0v) is 13.9. The summed E-state index contributed by atoms with van der Waals surface area (Å²) in [5.74, 6) is 1.47. The average Bonchev–Trinajstić information content (AvgIpc) is 3.11. The van der Waals surface area contributed by atoms with Crippen LogP contribution in [-0.4, -0.2) is 36.7 Å². The van der Waals surface area contributed by atoms with Gasteiger partial charge in [0.1, 0.15) is 11.5 Å². The second-order valence-electron chi connectivity index (χ2n) is 5.63. The Hall–Kier alpha value is -2.76. The maximum absolute atomic E-state index is 12.6. The molecule has 1 N–H and O–H groups in total. The van der Waals surface area contributed by atoms with Gasteiger partial charge in [0.05, 0.1) is 32.1 Å². The highest BCUT2D eigenvalue weighted by Gasteiger charge is 2.32. The van der Waals surface area contributed by atoms with Crippen molar-refractivity contribution in [3.05, 3.63) is 48.3 Å². The molecular formula is C18H21N3O3. The quantitative estimate of drug-likeness (QED) is 0.934. The topological polar surface area (TPSA) is 63.7 Å². The highest BCUT2D eigenvalue weighted by molar-refractivity contribution is 5.89. The molecular weight excluding hydrogens is 306 g/mol. The number of rotatable bonds is 4. The fourth-order valence-corrected chi connectivity index (χ4v) is 3.06. The van der Waals surface area contributed by atoms with Crippen molar-refractivity contribution in [2.45, 2.75) is 18.9 Å². The molecule has 6 heteroatoms. The monoisotopic (exact) mass is 327 g/mol. The number of amides is 2. The van der Waals surface area contributed by atoms with Crippen LogP contribution in [0, 0.1) is 0 Å². The van der Waals surface area contributed by atoms with Gasteiger partial charge >= 0.3 is 6.03 Å². The van der Waals surface area contributed by atoms with Crippen LogP contribution in [-0.2, 0) is 0 Å². The van der Waals surface area contributed by atoms with Crippen molar-refractivity contribution in [2.75, 3.05) is 26.1 Å². The summed E-state index contributed by atoms with van der Waals surface area (Å²) in [6.45, 7) is 0.714. The van der Waals surface area contributed by atoms with Crippen LogP contribution >= 0.6 is 0 Å². The highest BCUT2D eigenvalue weighted by atomic mass is 16.5. The van der Waals surface area contributed by atoms with Crippen molar-refractivity contribution < 1.29 is 14.3 Å². The Kier molecular flexibility index (Phi) is 4.84. The van der Waals surface area contributed by atoms with Gasteiger partial charge in [-0.3, -0.25) is 4.98 Å². The van der Waals surface area contributed by atoms with Crippen LogP contribution in [0.4, 0.5) is 10.5 Å². The first-order valence-electron chi connectivity index (χ1n) is 7.92. The summed E-state index contributed by atoms with van der Waals surface area (Å²) in [7, 11) is 3.25. The lowest BCUT2D eigenvalue weighted by atomic mass is 10.0. The number of nitrogens with one attached hydrogen (secondary N) is 1. The second-order valence-corrected chi connectivity index (χ2v) is 5.63. The number of benzene rings is 1. The van der Waals surface area contributed by atoms with E-state index in [1.54, 1.807) is 32.7 Å². The first kappa shape index (κ1) is 16.1. The van der Waals surface area contributed by atoms with Gasteiger partial charge in [-0.2, -0.15) is 0 Å². The van der Waals surface area contributed by atoms with Crippen LogP contribution in [0.2, 0.25) is 0 Å². The van der Waals surface area contributed by atoms with E-state index in [1.165, 1.54) is 0 Å². The van der Waals surface area contributed by atoms with Crippen LogP contribution in [0.5, 0.6) is 11.5 Å². The lowest BCUT2D eigenvalue weighted by molar-refractivity contribution is 0.206. The molecule has 2 aromatic rings. The number of likely N-dealkylation sites (tertiary alicyclic amines) is 1. The molecule has 1 fully saturated rings. The number of hydrogen-bond acceptors (Lipinski definition) is 4. The number of carbonyl (C=O) groups excluding carboxylic acids is 1. The van der Waals surface area contributed by atoms with Gasteiger partial charge in [-0.1, -0.05) is 0 Å². The summed E-state index contributed by atoms with van der Waals surface area (Å²) in [4.78, 5) is 18.5. The van der Waals surface area contributed by atoms with Gasteiger partial charge in [0, 0.05) is 24.4 Å². The maximum Gasteiger partial charge on any atom is 0.322 e. The van der Waals surface area contributed by atoms with E-state index < -0.39 is 0 Å². The Balaban J connectivity index is 1.81. The summed E-state index contributed by atoms with van der Waals surface area (Å²) in [5.41, 5.74) is 1.69. The smallest absolute Gasteiger partial charge is 0.322 e. The van der Waals surface area contributed by atoms with Crippen molar-refractivity contribution in [1.82, 2.24) is 9.88 Å². The molecule has 3 rings (SSSR count). The van der Waals surface area contributed by atoms with Crippen LogP contribution in [0.25, 0.3) is 0 Å². The third-order valence-corrected chi connectivity index (χ3v) is 4.23. The van der Waals surface area contributed by atoms with Gasteiger partial charge in [-0.15, -0.1) is 0 Å². The van der Waals surface area contributed by atoms with Gasteiger partial charge < -0.3 is 19.7 Å². The highest BCUT2D eigenvalue weighted by Crippen LogP contribution is 2.38. The fraction of sp³-hybridized carbons (Fsp3) is 0.333. The number of ether oxygens (including phenoxy) is 2. The van der Waals surface area contributed by atoms with E-state index in [4.69, 9.17) is 9.47 Å². The van der Waals surface area contributed by atoms with Crippen molar-refractivity contribution >= 4 is 11.7 Å². The molecule has 0 radical (unpaired) electrons. The fourth-order valence-electron chi connectivity index (χ4n) is 3.06. The van der Waals surface area contributed by atoms with E-state index in [2.05, 4.69) is 10.3 Å². The lowest BCUT2D eigenvalue weighted by Crippen LogP contribution is -2.34. The summed E-state index contributed by atoms with van der Waals surface area (Å²) < 4.78 is 10.7. The number of nitrogens with zero attached hydrogens (tertiary/aromatic N) is 2. The van der Waals surface area contributed by atoms with Gasteiger partial charge in [-0.05, 0) is 37.1 Å². The first-order valence-corrected chi connectivity index (χ1v) is 7.92. The van der Waals surface area contributed by atoms with E-state index in [9.17, 15) is 4.79 Å². The molecule has 0 saturated carbocycles. The molecule has 0 unspecified atom stereocenters. The lowest BCUT2D eigenvalue weighted by Gasteiger charge is -2.26. The minimum atomic E-state index is -0.122. The predicted molar refractivity (Wildman–Crippen MR) is 91.5 cm³/mol. The Morgan fingerprint density at radius 1 is 1.29 bits per heavy atom. The number of methoxy groups -OCH3 is 2. The molecule has 0 spiro atoms. The van der Waals surface area contributed by atoms with Crippen LogP contribution in [0.15, 0.2) is 42.7 Å². The standard InChI is InChI=1S/C18H21N3O3/c1-23-14-7-8-15(17(11-14)24-2)16-6-4-10-21(16)18(22)20-13-5-3-9-19-12-13/h3,5,7-9,11-12,16H,4,6,10H2,1-2H3,(H,20,22)/t16-/m0/s1. The third kappa shape index (κ3) is 3.27. The molecule has 0 aliphatic carbocycles. The van der Waals surface area contributed by atoms with Crippen LogP contribution in [0.1, 0.15) is 24.4 Å². The molecule has 126 valence electrons. The van der Waals surface area contributed by atoms with Crippen LogP contribution < -0.4 is 14.8 Å². The number of aromatic nitrogens is 1. The van der Waals surface area contributed by atoms with E-state index in [0.29, 0.717) is 12.2 Å². The van der Waals surface area contributed by atoms with E-state index in [-0.39, 0.29) is 12.1 Å². The van der Waals surface area contributed by atoms with Gasteiger partial charge in [-0.25, -0.2) is 4.79 Å². The van der Waals surface area contributed by atoms with Crippen LogP contribution in [0.3, 0.4) is 0 Å². The van der Waals surface area contributed by atoms with Crippen molar-refractivity contribution in [1.29, 1.82) is 0 Å². The van der Waals surface area contributed by atoms with Gasteiger partial charge in [0.25, 0.3) is 0 Å². The molecule has 24 heavy (non-hydrogen) atoms. The predicted octanol–water partition coefficient (Wildman–Crippen LogP) is 3.47. The molecule has 1 saturated heterocycles. The molecule has 0 bridgehead atoms. The zero-order valence-electron chi connectivity index (χ0n) is 13.9. The molecule has 1 aromatic carbocycles. The van der Waals surface area contributed by atoms with Gasteiger partial charge in [0.15, 0.2) is 0 Å². The van der Waals surface area contributed by atoms with E-state index >= 15 is 0 Å². The molecule has 1 aliphatic rings. The van der Waals surface area contributed by atoms with Crippen molar-refractivity contribution in [2.24, 2.45) is 0 Å². The zero-order chi connectivity index (χ0) is 16.9. The number of hydrogen-bond donors (Lipinski definition) is 1. The summed E-state index contributed by atoms with van der Waals surface area (Å²) in [6.07, 6.45) is 5.18. The summed E-state index contributed by atoms with van der Waals surface area (Å²) in [6, 6.07) is 9.20. The Labute approximate surface area is 141 Å². The third-order valence-electron chi connectivity index (χ3n) is 4.23. The molecule has 1 aliphatic heterocycles. The Morgan fingerprint density at radius 2 is 2.17 bits per heavy atom. The number of pyridine rings is 1. The minimum Gasteiger partial charge on any atom is -0.497 e. The Morgan fingerprint density at radius 3 is 2.88 bits per heavy atom. The SMILES string of the molecule is COc1ccc([C@@H]2CCCN2C(=O)Nc2cccnc2)c(OC)c1. The van der Waals surface area contributed by atoms with E-state index in [0.717, 1.165) is 29.9 Å². The number of carbonyl (C=O) groups is 1. The Bertz CT molecular complexity index is 706. The molecule has 2 heterocycles. The normalized spacial score (nSPS) is 16.8.